The van der Waals surface area contributed by atoms with Crippen LogP contribution in [0.1, 0.15) is 5.69 Å². The standard InChI is InChI=1S/C19H20N6OS/c20-13-14(18-23-16-3-1-2-4-17(16)27-18)15-5-6-21-19(24-15)22-7-8-25-9-11-26-12-10-25/h1-6,23H,7-12H2,(H,21,22,24)/b18-14+. The lowest BCUT2D eigenvalue weighted by atomic mass is 10.2. The Labute approximate surface area is 162 Å². The number of hydrogen-bond acceptors (Lipinski definition) is 8. The van der Waals surface area contributed by atoms with E-state index in [-0.39, 0.29) is 0 Å². The number of thioether (sulfide) groups is 1. The van der Waals surface area contributed by atoms with E-state index in [4.69, 9.17) is 4.74 Å². The number of para-hydroxylation sites is 1. The molecule has 8 heteroatoms. The molecule has 0 atom stereocenters. The second-order valence-corrected chi connectivity index (χ2v) is 7.24. The van der Waals surface area contributed by atoms with Crippen molar-refractivity contribution in [2.24, 2.45) is 0 Å². The molecule has 1 aromatic heterocycles. The van der Waals surface area contributed by atoms with Crippen molar-refractivity contribution in [3.8, 4) is 6.07 Å². The number of ether oxygens (including phenoxy) is 1. The van der Waals surface area contributed by atoms with Gasteiger partial charge in [-0.1, -0.05) is 23.9 Å². The number of fused-ring (bicyclic) bond motifs is 1. The molecule has 2 N–H and O–H groups in total. The topological polar surface area (TPSA) is 86.1 Å². The summed E-state index contributed by atoms with van der Waals surface area (Å²) in [5, 5.41) is 17.1. The smallest absolute Gasteiger partial charge is 0.223 e. The molecule has 0 radical (unpaired) electrons. The number of allylic oxidation sites excluding steroid dienone is 1. The Kier molecular flexibility index (Phi) is 5.53. The highest BCUT2D eigenvalue weighted by Gasteiger charge is 2.21. The van der Waals surface area contributed by atoms with Crippen molar-refractivity contribution >= 4 is 29.0 Å². The fourth-order valence-electron chi connectivity index (χ4n) is 2.99. The predicted molar refractivity (Wildman–Crippen MR) is 106 cm³/mol. The van der Waals surface area contributed by atoms with E-state index in [0.717, 1.165) is 55.0 Å². The van der Waals surface area contributed by atoms with Crippen LogP contribution in [-0.2, 0) is 4.74 Å². The van der Waals surface area contributed by atoms with Crippen molar-refractivity contribution in [3.05, 3.63) is 47.3 Å². The summed E-state index contributed by atoms with van der Waals surface area (Å²) < 4.78 is 5.36. The van der Waals surface area contributed by atoms with Gasteiger partial charge in [-0.2, -0.15) is 5.26 Å². The van der Waals surface area contributed by atoms with Gasteiger partial charge in [-0.05, 0) is 18.2 Å². The minimum Gasteiger partial charge on any atom is -0.379 e. The van der Waals surface area contributed by atoms with Gasteiger partial charge >= 0.3 is 0 Å². The molecule has 2 aliphatic heterocycles. The summed E-state index contributed by atoms with van der Waals surface area (Å²) in [4.78, 5) is 12.3. The lowest BCUT2D eigenvalue weighted by molar-refractivity contribution is 0.0398. The average molecular weight is 380 g/mol. The van der Waals surface area contributed by atoms with Gasteiger partial charge in [0.05, 0.1) is 29.6 Å². The molecular formula is C19H20N6OS. The highest BCUT2D eigenvalue weighted by atomic mass is 32.2. The van der Waals surface area contributed by atoms with Crippen LogP contribution in [0.2, 0.25) is 0 Å². The van der Waals surface area contributed by atoms with Gasteiger partial charge in [-0.15, -0.1) is 0 Å². The van der Waals surface area contributed by atoms with Gasteiger partial charge in [-0.3, -0.25) is 4.90 Å². The number of anilines is 2. The molecule has 0 unspecified atom stereocenters. The van der Waals surface area contributed by atoms with Gasteiger partial charge in [0.25, 0.3) is 0 Å². The quantitative estimate of drug-likeness (QED) is 0.766. The molecule has 2 aromatic rings. The average Bonchev–Trinajstić information content (AvgIpc) is 3.13. The molecule has 27 heavy (non-hydrogen) atoms. The Morgan fingerprint density at radius 3 is 2.96 bits per heavy atom. The van der Waals surface area contributed by atoms with Crippen LogP contribution < -0.4 is 10.6 Å². The van der Waals surface area contributed by atoms with E-state index in [9.17, 15) is 5.26 Å². The van der Waals surface area contributed by atoms with Crippen molar-refractivity contribution in [3.63, 3.8) is 0 Å². The van der Waals surface area contributed by atoms with Crippen molar-refractivity contribution < 1.29 is 4.74 Å². The molecule has 0 saturated carbocycles. The molecule has 4 rings (SSSR count). The lowest BCUT2D eigenvalue weighted by Gasteiger charge is -2.26. The second-order valence-electron chi connectivity index (χ2n) is 6.19. The summed E-state index contributed by atoms with van der Waals surface area (Å²) in [5.41, 5.74) is 2.15. The van der Waals surface area contributed by atoms with Crippen molar-refractivity contribution in [2.75, 3.05) is 50.0 Å². The largest absolute Gasteiger partial charge is 0.379 e. The summed E-state index contributed by atoms with van der Waals surface area (Å²) in [7, 11) is 0. The fourth-order valence-corrected chi connectivity index (χ4v) is 4.00. The molecule has 3 heterocycles. The molecular weight excluding hydrogens is 360 g/mol. The first-order chi connectivity index (χ1) is 13.3. The van der Waals surface area contributed by atoms with E-state index in [1.807, 2.05) is 24.3 Å². The number of aromatic nitrogens is 2. The van der Waals surface area contributed by atoms with Crippen LogP contribution in [-0.4, -0.2) is 54.3 Å². The predicted octanol–water partition coefficient (Wildman–Crippen LogP) is 2.63. The molecule has 2 aliphatic rings. The number of nitrogens with zero attached hydrogens (tertiary/aromatic N) is 4. The molecule has 0 aliphatic carbocycles. The third-order valence-corrected chi connectivity index (χ3v) is 5.50. The first-order valence-corrected chi connectivity index (χ1v) is 9.71. The Morgan fingerprint density at radius 2 is 2.15 bits per heavy atom. The van der Waals surface area contributed by atoms with Gasteiger partial charge < -0.3 is 15.4 Å². The van der Waals surface area contributed by atoms with E-state index < -0.39 is 0 Å². The van der Waals surface area contributed by atoms with E-state index >= 15 is 0 Å². The molecule has 0 amide bonds. The van der Waals surface area contributed by atoms with Gasteiger partial charge in [0, 0.05) is 37.3 Å². The number of morpholine rings is 1. The molecule has 1 aromatic carbocycles. The number of rotatable bonds is 5. The normalized spacial score (nSPS) is 18.3. The van der Waals surface area contributed by atoms with Gasteiger partial charge in [-0.25, -0.2) is 9.97 Å². The van der Waals surface area contributed by atoms with E-state index in [1.165, 1.54) is 0 Å². The molecule has 1 fully saturated rings. The number of nitriles is 1. The third-order valence-electron chi connectivity index (χ3n) is 4.41. The maximum Gasteiger partial charge on any atom is 0.223 e. The first kappa shape index (κ1) is 17.8. The van der Waals surface area contributed by atoms with Crippen molar-refractivity contribution in [1.82, 2.24) is 14.9 Å². The minimum absolute atomic E-state index is 0.523. The molecule has 0 spiro atoms. The zero-order chi connectivity index (χ0) is 18.5. The van der Waals surface area contributed by atoms with Crippen LogP contribution in [0, 0.1) is 11.3 Å². The maximum atomic E-state index is 9.70. The minimum atomic E-state index is 0.523. The Balaban J connectivity index is 1.45. The highest BCUT2D eigenvalue weighted by molar-refractivity contribution is 8.04. The summed E-state index contributed by atoms with van der Waals surface area (Å²) >= 11 is 1.55. The van der Waals surface area contributed by atoms with Crippen LogP contribution >= 0.6 is 11.8 Å². The monoisotopic (exact) mass is 380 g/mol. The number of hydrogen-bond donors (Lipinski definition) is 2. The SMILES string of the molecule is N#C/C(=C1/Nc2ccccc2S1)c1ccnc(NCCN2CCOCC2)n1. The van der Waals surface area contributed by atoms with Crippen LogP contribution in [0.4, 0.5) is 11.6 Å². The second kappa shape index (κ2) is 8.39. The van der Waals surface area contributed by atoms with Gasteiger partial charge in [0.2, 0.25) is 5.95 Å². The Morgan fingerprint density at radius 1 is 1.30 bits per heavy atom. The Bertz CT molecular complexity index is 861. The van der Waals surface area contributed by atoms with Crippen LogP contribution in [0.5, 0.6) is 0 Å². The van der Waals surface area contributed by atoms with Crippen molar-refractivity contribution in [1.29, 1.82) is 5.26 Å². The third kappa shape index (κ3) is 4.22. The summed E-state index contributed by atoms with van der Waals surface area (Å²) in [5.74, 6) is 0.537. The summed E-state index contributed by atoms with van der Waals surface area (Å²) in [6.45, 7) is 5.15. The van der Waals surface area contributed by atoms with Crippen LogP contribution in [0.25, 0.3) is 5.57 Å². The number of benzene rings is 1. The van der Waals surface area contributed by atoms with Crippen molar-refractivity contribution in [2.45, 2.75) is 4.90 Å². The molecule has 138 valence electrons. The fraction of sp³-hybridized carbons (Fsp3) is 0.316. The number of nitrogens with one attached hydrogen (secondary N) is 2. The lowest BCUT2D eigenvalue weighted by Crippen LogP contribution is -2.39. The zero-order valence-electron chi connectivity index (χ0n) is 14.8. The van der Waals surface area contributed by atoms with E-state index in [2.05, 4.69) is 31.6 Å². The van der Waals surface area contributed by atoms with E-state index in [0.29, 0.717) is 17.2 Å². The first-order valence-electron chi connectivity index (χ1n) is 8.89. The molecule has 1 saturated heterocycles. The molecule has 0 bridgehead atoms. The van der Waals surface area contributed by atoms with E-state index in [1.54, 1.807) is 24.0 Å². The van der Waals surface area contributed by atoms with Gasteiger partial charge in [0.15, 0.2) is 0 Å². The van der Waals surface area contributed by atoms with Crippen LogP contribution in [0.3, 0.4) is 0 Å². The summed E-state index contributed by atoms with van der Waals surface area (Å²) in [6.07, 6.45) is 1.68. The maximum absolute atomic E-state index is 9.70. The van der Waals surface area contributed by atoms with Gasteiger partial charge in [0.1, 0.15) is 11.6 Å². The zero-order valence-corrected chi connectivity index (χ0v) is 15.6. The van der Waals surface area contributed by atoms with Crippen LogP contribution in [0.15, 0.2) is 46.5 Å². The Hall–Kier alpha value is -2.60. The highest BCUT2D eigenvalue weighted by Crippen LogP contribution is 2.43. The molecule has 7 nitrogen and oxygen atoms in total. The summed E-state index contributed by atoms with van der Waals surface area (Å²) in [6, 6.07) is 12.1.